The second-order valence-corrected chi connectivity index (χ2v) is 8.44. The Kier molecular flexibility index (Phi) is 7.41. The van der Waals surface area contributed by atoms with Crippen molar-refractivity contribution >= 4 is 11.8 Å². The lowest BCUT2D eigenvalue weighted by Crippen LogP contribution is -2.39. The van der Waals surface area contributed by atoms with E-state index in [1.165, 1.54) is 4.90 Å². The molecule has 3 aromatic rings. The zero-order chi connectivity index (χ0) is 27.6. The summed E-state index contributed by atoms with van der Waals surface area (Å²) >= 11 is 0. The SMILES string of the molecule is NC(=O)C(N/C(=C\C(=O)N1CCn2c(nnc2C(F)(F)F)C1)Cc1cc(F)c(F)cc1F)c1ccccc1. The van der Waals surface area contributed by atoms with Gasteiger partial charge in [0.15, 0.2) is 17.5 Å². The van der Waals surface area contributed by atoms with E-state index < -0.39 is 53.7 Å². The summed E-state index contributed by atoms with van der Waals surface area (Å²) in [7, 11) is 0. The highest BCUT2D eigenvalue weighted by molar-refractivity contribution is 5.88. The molecular weight excluding hydrogens is 518 g/mol. The van der Waals surface area contributed by atoms with Crippen molar-refractivity contribution in [2.24, 2.45) is 5.73 Å². The van der Waals surface area contributed by atoms with Crippen molar-refractivity contribution in [1.29, 1.82) is 0 Å². The number of amides is 2. The molecule has 3 N–H and O–H groups in total. The molecule has 2 aromatic carbocycles. The Balaban J connectivity index is 1.64. The summed E-state index contributed by atoms with van der Waals surface area (Å²) in [4.78, 5) is 26.5. The standard InChI is InChI=1S/C24H20F6N6O2/c25-16-11-18(27)17(26)9-14(16)8-15(32-21(22(31)38)13-4-2-1-3-5-13)10-20(37)35-6-7-36-19(12-35)33-34-23(36)24(28,29)30/h1-5,9-11,21,32H,6-8,12H2,(H2,31,38)/b15-10-. The molecule has 0 bridgehead atoms. The molecule has 8 nitrogen and oxygen atoms in total. The van der Waals surface area contributed by atoms with Gasteiger partial charge >= 0.3 is 6.18 Å². The van der Waals surface area contributed by atoms with Gasteiger partial charge in [0, 0.05) is 37.3 Å². The number of rotatable bonds is 7. The van der Waals surface area contributed by atoms with E-state index in [1.807, 2.05) is 0 Å². The van der Waals surface area contributed by atoms with Gasteiger partial charge in [0.05, 0.1) is 6.54 Å². The number of allylic oxidation sites excluding steroid dienone is 1. The molecule has 1 aromatic heterocycles. The number of benzene rings is 2. The van der Waals surface area contributed by atoms with Gasteiger partial charge in [0.2, 0.25) is 17.6 Å². The number of nitrogens with zero attached hydrogens (tertiary/aromatic N) is 4. The Morgan fingerprint density at radius 1 is 1.03 bits per heavy atom. The van der Waals surface area contributed by atoms with Gasteiger partial charge in [-0.05, 0) is 17.2 Å². The zero-order valence-electron chi connectivity index (χ0n) is 19.5. The summed E-state index contributed by atoms with van der Waals surface area (Å²) < 4.78 is 81.9. The molecule has 1 unspecified atom stereocenters. The van der Waals surface area contributed by atoms with E-state index in [4.69, 9.17) is 5.73 Å². The number of nitrogens with one attached hydrogen (secondary N) is 1. The first-order valence-corrected chi connectivity index (χ1v) is 11.2. The first-order valence-electron chi connectivity index (χ1n) is 11.2. The highest BCUT2D eigenvalue weighted by Crippen LogP contribution is 2.29. The van der Waals surface area contributed by atoms with Crippen molar-refractivity contribution in [3.63, 3.8) is 0 Å². The average Bonchev–Trinajstić information content (AvgIpc) is 3.30. The van der Waals surface area contributed by atoms with E-state index in [2.05, 4.69) is 15.5 Å². The molecule has 0 radical (unpaired) electrons. The zero-order valence-corrected chi connectivity index (χ0v) is 19.5. The quantitative estimate of drug-likeness (QED) is 0.273. The van der Waals surface area contributed by atoms with E-state index in [0.29, 0.717) is 17.7 Å². The second-order valence-electron chi connectivity index (χ2n) is 8.44. The Morgan fingerprint density at radius 2 is 1.71 bits per heavy atom. The monoisotopic (exact) mass is 538 g/mol. The molecule has 14 heteroatoms. The number of nitrogens with two attached hydrogens (primary N) is 1. The third-order valence-electron chi connectivity index (χ3n) is 5.83. The number of carbonyl (C=O) groups is 2. The third kappa shape index (κ3) is 5.79. The van der Waals surface area contributed by atoms with Crippen LogP contribution in [0.1, 0.15) is 28.8 Å². The van der Waals surface area contributed by atoms with E-state index in [9.17, 15) is 35.9 Å². The smallest absolute Gasteiger partial charge is 0.373 e. The molecule has 2 heterocycles. The molecule has 0 saturated heterocycles. The molecule has 4 rings (SSSR count). The van der Waals surface area contributed by atoms with Crippen LogP contribution in [0.2, 0.25) is 0 Å². The number of primary amides is 1. The van der Waals surface area contributed by atoms with E-state index >= 15 is 0 Å². The Bertz CT molecular complexity index is 1390. The topological polar surface area (TPSA) is 106 Å². The molecule has 2 amide bonds. The van der Waals surface area contributed by atoms with Crippen LogP contribution in [0.25, 0.3) is 0 Å². The number of halogens is 6. The molecule has 1 aliphatic heterocycles. The normalized spacial score (nSPS) is 14.7. The minimum Gasteiger partial charge on any atom is -0.373 e. The number of fused-ring (bicyclic) bond motifs is 1. The van der Waals surface area contributed by atoms with Crippen molar-refractivity contribution in [3.8, 4) is 0 Å². The molecule has 38 heavy (non-hydrogen) atoms. The van der Waals surface area contributed by atoms with Crippen LogP contribution in [-0.2, 0) is 35.3 Å². The van der Waals surface area contributed by atoms with Gasteiger partial charge in [-0.1, -0.05) is 30.3 Å². The Hall–Kier alpha value is -4.36. The molecule has 0 aliphatic carbocycles. The van der Waals surface area contributed by atoms with E-state index in [-0.39, 0.29) is 36.7 Å². The van der Waals surface area contributed by atoms with Crippen molar-refractivity contribution in [1.82, 2.24) is 25.0 Å². The second kappa shape index (κ2) is 10.6. The van der Waals surface area contributed by atoms with Crippen molar-refractivity contribution < 1.29 is 35.9 Å². The number of aromatic nitrogens is 3. The highest BCUT2D eigenvalue weighted by Gasteiger charge is 2.39. The van der Waals surface area contributed by atoms with Crippen LogP contribution in [0.5, 0.6) is 0 Å². The fourth-order valence-corrected chi connectivity index (χ4v) is 3.99. The first-order chi connectivity index (χ1) is 17.9. The van der Waals surface area contributed by atoms with Gasteiger partial charge in [0.1, 0.15) is 11.9 Å². The Labute approximate surface area is 211 Å². The number of carbonyl (C=O) groups excluding carboxylic acids is 2. The lowest BCUT2D eigenvalue weighted by molar-refractivity contribution is -0.148. The summed E-state index contributed by atoms with van der Waals surface area (Å²) in [5, 5.41) is 9.45. The maximum Gasteiger partial charge on any atom is 0.451 e. The van der Waals surface area contributed by atoms with Crippen LogP contribution in [0.15, 0.2) is 54.2 Å². The van der Waals surface area contributed by atoms with Gasteiger partial charge < -0.3 is 20.5 Å². The highest BCUT2D eigenvalue weighted by atomic mass is 19.4. The lowest BCUT2D eigenvalue weighted by atomic mass is 10.0. The molecule has 0 saturated carbocycles. The average molecular weight is 538 g/mol. The molecule has 1 atom stereocenters. The molecular formula is C24H20F6N6O2. The summed E-state index contributed by atoms with van der Waals surface area (Å²) in [6.45, 7) is -0.664. The van der Waals surface area contributed by atoms with E-state index in [1.54, 1.807) is 30.3 Å². The predicted molar refractivity (Wildman–Crippen MR) is 120 cm³/mol. The molecule has 200 valence electrons. The lowest BCUT2D eigenvalue weighted by Gasteiger charge is -2.28. The summed E-state index contributed by atoms with van der Waals surface area (Å²) in [6.07, 6.45) is -4.19. The van der Waals surface area contributed by atoms with Gasteiger partial charge in [-0.15, -0.1) is 10.2 Å². The fourth-order valence-electron chi connectivity index (χ4n) is 3.99. The fraction of sp³-hybridized carbons (Fsp3) is 0.250. The molecule has 0 fully saturated rings. The van der Waals surface area contributed by atoms with Gasteiger partial charge in [0.25, 0.3) is 0 Å². The van der Waals surface area contributed by atoms with Crippen LogP contribution < -0.4 is 11.1 Å². The van der Waals surface area contributed by atoms with Gasteiger partial charge in [-0.3, -0.25) is 9.59 Å². The number of hydrogen-bond acceptors (Lipinski definition) is 5. The largest absolute Gasteiger partial charge is 0.451 e. The first kappa shape index (κ1) is 26.7. The number of hydrogen-bond donors (Lipinski definition) is 2. The summed E-state index contributed by atoms with van der Waals surface area (Å²) in [6, 6.07) is 7.91. The maximum atomic E-state index is 14.4. The molecule has 1 aliphatic rings. The van der Waals surface area contributed by atoms with Crippen molar-refractivity contribution in [2.75, 3.05) is 6.54 Å². The van der Waals surface area contributed by atoms with Crippen LogP contribution in [-0.4, -0.2) is 38.0 Å². The molecule has 0 spiro atoms. The summed E-state index contributed by atoms with van der Waals surface area (Å²) in [5.74, 6) is -6.65. The Morgan fingerprint density at radius 3 is 2.37 bits per heavy atom. The van der Waals surface area contributed by atoms with E-state index in [0.717, 1.165) is 10.6 Å². The maximum absolute atomic E-state index is 14.4. The third-order valence-corrected chi connectivity index (χ3v) is 5.83. The van der Waals surface area contributed by atoms with Crippen LogP contribution in [0.3, 0.4) is 0 Å². The van der Waals surface area contributed by atoms with Crippen molar-refractivity contribution in [2.45, 2.75) is 31.7 Å². The van der Waals surface area contributed by atoms with Gasteiger partial charge in [-0.2, -0.15) is 13.2 Å². The van der Waals surface area contributed by atoms with Gasteiger partial charge in [-0.25, -0.2) is 13.2 Å². The van der Waals surface area contributed by atoms with Crippen LogP contribution >= 0.6 is 0 Å². The predicted octanol–water partition coefficient (Wildman–Crippen LogP) is 3.00. The number of alkyl halides is 3. The van der Waals surface area contributed by atoms with Crippen LogP contribution in [0, 0.1) is 17.5 Å². The minimum atomic E-state index is -4.72. The minimum absolute atomic E-state index is 0.0735. The van der Waals surface area contributed by atoms with Crippen molar-refractivity contribution in [3.05, 3.63) is 94.5 Å². The van der Waals surface area contributed by atoms with Crippen LogP contribution in [0.4, 0.5) is 26.3 Å². The summed E-state index contributed by atoms with van der Waals surface area (Å²) in [5.41, 5.74) is 5.55.